The molecule has 1 aliphatic rings. The van der Waals surface area contributed by atoms with Crippen molar-refractivity contribution in [2.75, 3.05) is 33.9 Å². The molecule has 0 spiro atoms. The summed E-state index contributed by atoms with van der Waals surface area (Å²) in [6.07, 6.45) is 1.95. The molecule has 0 radical (unpaired) electrons. The third-order valence-corrected chi connectivity index (χ3v) is 6.20. The quantitative estimate of drug-likeness (QED) is 0.669. The minimum Gasteiger partial charge on any atom is -0.493 e. The number of thiophene rings is 1. The zero-order valence-electron chi connectivity index (χ0n) is 17.1. The number of rotatable bonds is 8. The molecule has 3 rings (SSSR count). The molecule has 0 saturated carbocycles. The highest BCUT2D eigenvalue weighted by Gasteiger charge is 2.42. The molecule has 0 aliphatic carbocycles. The van der Waals surface area contributed by atoms with Crippen LogP contribution in [0.2, 0.25) is 0 Å². The number of amides is 2. The van der Waals surface area contributed by atoms with Crippen molar-refractivity contribution in [2.45, 2.75) is 25.7 Å². The number of ether oxygens (including phenoxy) is 2. The average Bonchev–Trinajstić information content (AvgIpc) is 3.43. The van der Waals surface area contributed by atoms with Crippen molar-refractivity contribution < 1.29 is 19.1 Å². The van der Waals surface area contributed by atoms with Gasteiger partial charge in [-0.15, -0.1) is 11.3 Å². The molecule has 1 aromatic carbocycles. The number of nitrogens with zero attached hydrogens (tertiary/aromatic N) is 1. The third kappa shape index (κ3) is 4.56. The van der Waals surface area contributed by atoms with Crippen LogP contribution in [-0.4, -0.2) is 50.6 Å². The fraction of sp³-hybridized carbons (Fsp3) is 0.455. The van der Waals surface area contributed by atoms with E-state index in [-0.39, 0.29) is 23.7 Å². The van der Waals surface area contributed by atoms with Gasteiger partial charge in [-0.25, -0.2) is 0 Å². The summed E-state index contributed by atoms with van der Waals surface area (Å²) in [6, 6.07) is 9.38. The summed E-state index contributed by atoms with van der Waals surface area (Å²) in [4.78, 5) is 28.4. The number of carbonyl (C=O) groups is 2. The normalized spacial score (nSPS) is 18.5. The highest BCUT2D eigenvalue weighted by molar-refractivity contribution is 7.12. The number of para-hydroxylation sites is 1. The van der Waals surface area contributed by atoms with Crippen molar-refractivity contribution in [1.29, 1.82) is 0 Å². The maximum atomic E-state index is 13.0. The topological polar surface area (TPSA) is 67.9 Å². The predicted octanol–water partition coefficient (Wildman–Crippen LogP) is 3.54. The van der Waals surface area contributed by atoms with Crippen molar-refractivity contribution >= 4 is 23.2 Å². The number of benzene rings is 1. The molecule has 1 N–H and O–H groups in total. The number of nitrogens with one attached hydrogen (secondary N) is 1. The van der Waals surface area contributed by atoms with Gasteiger partial charge in [-0.2, -0.15) is 0 Å². The van der Waals surface area contributed by atoms with E-state index in [0.29, 0.717) is 36.0 Å². The molecule has 1 aliphatic heterocycles. The fourth-order valence-electron chi connectivity index (χ4n) is 3.83. The Labute approximate surface area is 175 Å². The van der Waals surface area contributed by atoms with E-state index in [1.54, 1.807) is 19.1 Å². The SMILES string of the molecule is CCCCNC(=O)[C@@H]1CN(C(=O)c2cccs2)C[C@@H]1c1cccc(OC)c1OC. The second-order valence-electron chi connectivity index (χ2n) is 7.13. The Balaban J connectivity index is 1.91. The molecule has 2 atom stereocenters. The Morgan fingerprint density at radius 2 is 2.00 bits per heavy atom. The van der Waals surface area contributed by atoms with Gasteiger partial charge in [-0.3, -0.25) is 9.59 Å². The molecule has 1 fully saturated rings. The summed E-state index contributed by atoms with van der Waals surface area (Å²) in [5, 5.41) is 4.93. The van der Waals surface area contributed by atoms with E-state index in [4.69, 9.17) is 9.47 Å². The monoisotopic (exact) mass is 416 g/mol. The van der Waals surface area contributed by atoms with Crippen LogP contribution in [0.3, 0.4) is 0 Å². The molecule has 2 amide bonds. The van der Waals surface area contributed by atoms with Crippen LogP contribution < -0.4 is 14.8 Å². The number of methoxy groups -OCH3 is 2. The van der Waals surface area contributed by atoms with Gasteiger partial charge in [-0.1, -0.05) is 31.5 Å². The summed E-state index contributed by atoms with van der Waals surface area (Å²) in [5.41, 5.74) is 0.893. The third-order valence-electron chi connectivity index (χ3n) is 5.34. The number of likely N-dealkylation sites (tertiary alicyclic amines) is 1. The van der Waals surface area contributed by atoms with Crippen LogP contribution in [-0.2, 0) is 4.79 Å². The van der Waals surface area contributed by atoms with E-state index in [9.17, 15) is 9.59 Å². The number of hydrogen-bond acceptors (Lipinski definition) is 5. The highest BCUT2D eigenvalue weighted by Crippen LogP contribution is 2.42. The molecule has 6 nitrogen and oxygen atoms in total. The van der Waals surface area contributed by atoms with Crippen molar-refractivity contribution in [3.8, 4) is 11.5 Å². The van der Waals surface area contributed by atoms with E-state index >= 15 is 0 Å². The van der Waals surface area contributed by atoms with Gasteiger partial charge in [0.2, 0.25) is 5.91 Å². The minimum absolute atomic E-state index is 0.0187. The molecule has 0 unspecified atom stereocenters. The van der Waals surface area contributed by atoms with Gasteiger partial charge in [0.25, 0.3) is 5.91 Å². The second kappa shape index (κ2) is 9.78. The number of unbranched alkanes of at least 4 members (excludes halogenated alkanes) is 1. The number of hydrogen-bond donors (Lipinski definition) is 1. The fourth-order valence-corrected chi connectivity index (χ4v) is 4.52. The first-order valence-corrected chi connectivity index (χ1v) is 10.8. The Morgan fingerprint density at radius 1 is 1.17 bits per heavy atom. The van der Waals surface area contributed by atoms with Crippen molar-refractivity contribution in [3.63, 3.8) is 0 Å². The Bertz CT molecular complexity index is 837. The Kier molecular flexibility index (Phi) is 7.14. The summed E-state index contributed by atoms with van der Waals surface area (Å²) < 4.78 is 11.1. The van der Waals surface area contributed by atoms with Crippen LogP contribution in [0.5, 0.6) is 11.5 Å². The lowest BCUT2D eigenvalue weighted by molar-refractivity contribution is -0.124. The molecular weight excluding hydrogens is 388 g/mol. The van der Waals surface area contributed by atoms with Gasteiger partial charge in [0.05, 0.1) is 25.0 Å². The molecule has 7 heteroatoms. The van der Waals surface area contributed by atoms with Gasteiger partial charge in [0, 0.05) is 31.1 Å². The van der Waals surface area contributed by atoms with Crippen molar-refractivity contribution in [2.24, 2.45) is 5.92 Å². The first-order chi connectivity index (χ1) is 14.1. The summed E-state index contributed by atoms with van der Waals surface area (Å²) in [5.74, 6) is 0.697. The Morgan fingerprint density at radius 3 is 2.66 bits per heavy atom. The summed E-state index contributed by atoms with van der Waals surface area (Å²) in [6.45, 7) is 3.59. The molecule has 156 valence electrons. The second-order valence-corrected chi connectivity index (χ2v) is 8.08. The van der Waals surface area contributed by atoms with Crippen molar-refractivity contribution in [3.05, 3.63) is 46.2 Å². The zero-order chi connectivity index (χ0) is 20.8. The molecule has 1 aromatic heterocycles. The van der Waals surface area contributed by atoms with E-state index in [2.05, 4.69) is 12.2 Å². The van der Waals surface area contributed by atoms with E-state index < -0.39 is 0 Å². The minimum atomic E-state index is -0.336. The average molecular weight is 417 g/mol. The van der Waals surface area contributed by atoms with Gasteiger partial charge in [0.15, 0.2) is 11.5 Å². The van der Waals surface area contributed by atoms with Gasteiger partial charge < -0.3 is 19.7 Å². The Hall–Kier alpha value is -2.54. The largest absolute Gasteiger partial charge is 0.493 e. The number of carbonyl (C=O) groups excluding carboxylic acids is 2. The van der Waals surface area contributed by atoms with Gasteiger partial charge >= 0.3 is 0 Å². The van der Waals surface area contributed by atoms with Crippen molar-refractivity contribution in [1.82, 2.24) is 10.2 Å². The molecule has 2 aromatic rings. The molecule has 0 bridgehead atoms. The zero-order valence-corrected chi connectivity index (χ0v) is 18.0. The van der Waals surface area contributed by atoms with Crippen LogP contribution in [0.15, 0.2) is 35.7 Å². The lowest BCUT2D eigenvalue weighted by atomic mass is 9.87. The molecule has 2 heterocycles. The first-order valence-electron chi connectivity index (χ1n) is 9.92. The molecule has 29 heavy (non-hydrogen) atoms. The van der Waals surface area contributed by atoms with Crippen LogP contribution in [0.1, 0.15) is 40.9 Å². The standard InChI is InChI=1S/C22H28N2O4S/c1-4-5-11-23-21(25)17-14-24(22(26)19-10-7-12-29-19)13-16(17)15-8-6-9-18(27-2)20(15)28-3/h6-10,12,16-17H,4-5,11,13-14H2,1-3H3,(H,23,25)/t16-,17-/m1/s1. The van der Waals surface area contributed by atoms with Crippen LogP contribution >= 0.6 is 11.3 Å². The summed E-state index contributed by atoms with van der Waals surface area (Å²) >= 11 is 1.42. The lowest BCUT2D eigenvalue weighted by Crippen LogP contribution is -2.36. The van der Waals surface area contributed by atoms with Crippen LogP contribution in [0.4, 0.5) is 0 Å². The highest BCUT2D eigenvalue weighted by atomic mass is 32.1. The lowest BCUT2D eigenvalue weighted by Gasteiger charge is -2.21. The first kappa shape index (κ1) is 21.2. The maximum absolute atomic E-state index is 13.0. The predicted molar refractivity (Wildman–Crippen MR) is 114 cm³/mol. The van der Waals surface area contributed by atoms with Gasteiger partial charge in [-0.05, 0) is 23.9 Å². The van der Waals surface area contributed by atoms with Gasteiger partial charge in [0.1, 0.15) is 0 Å². The van der Waals surface area contributed by atoms with E-state index in [1.807, 2.05) is 35.7 Å². The summed E-state index contributed by atoms with van der Waals surface area (Å²) in [7, 11) is 3.19. The van der Waals surface area contributed by atoms with Crippen LogP contribution in [0, 0.1) is 5.92 Å². The van der Waals surface area contributed by atoms with Crippen LogP contribution in [0.25, 0.3) is 0 Å². The molecular formula is C22H28N2O4S. The maximum Gasteiger partial charge on any atom is 0.263 e. The van der Waals surface area contributed by atoms with E-state index in [1.165, 1.54) is 11.3 Å². The van der Waals surface area contributed by atoms with E-state index in [0.717, 1.165) is 18.4 Å². The molecule has 1 saturated heterocycles. The smallest absolute Gasteiger partial charge is 0.263 e.